The van der Waals surface area contributed by atoms with E-state index < -0.39 is 11.5 Å². The molecule has 0 aromatic heterocycles. The van der Waals surface area contributed by atoms with Crippen LogP contribution in [0.3, 0.4) is 0 Å². The van der Waals surface area contributed by atoms with Gasteiger partial charge in [0.25, 0.3) is 5.92 Å². The second-order valence-electron chi connectivity index (χ2n) is 4.36. The first kappa shape index (κ1) is 9.71. The molecule has 0 aromatic carbocycles. The lowest BCUT2D eigenvalue weighted by Crippen LogP contribution is -2.63. The molecule has 1 atom stereocenters. The Labute approximate surface area is 81.4 Å². The summed E-state index contributed by atoms with van der Waals surface area (Å²) in [5, 5.41) is 0. The van der Waals surface area contributed by atoms with E-state index in [9.17, 15) is 8.78 Å². The minimum Gasteiger partial charge on any atom is -0.324 e. The van der Waals surface area contributed by atoms with Crippen LogP contribution in [0.2, 0.25) is 0 Å². The summed E-state index contributed by atoms with van der Waals surface area (Å²) in [7, 11) is 0. The first-order valence-corrected chi connectivity index (χ1v) is 5.92. The lowest BCUT2D eigenvalue weighted by Gasteiger charge is -2.50. The van der Waals surface area contributed by atoms with Crippen LogP contribution in [0.5, 0.6) is 0 Å². The van der Waals surface area contributed by atoms with Gasteiger partial charge in [-0.2, -0.15) is 11.8 Å². The number of nitrogens with two attached hydrogens (primary N) is 1. The number of alkyl halides is 2. The average molecular weight is 207 g/mol. The Balaban J connectivity index is 1.93. The van der Waals surface area contributed by atoms with Gasteiger partial charge in [0.05, 0.1) is 0 Å². The average Bonchev–Trinajstić information content (AvgIpc) is 2.02. The third-order valence-electron chi connectivity index (χ3n) is 3.15. The number of rotatable bonds is 1. The summed E-state index contributed by atoms with van der Waals surface area (Å²) in [5.74, 6) is -0.00208. The molecule has 4 heteroatoms. The quantitative estimate of drug-likeness (QED) is 0.713. The van der Waals surface area contributed by atoms with E-state index in [1.54, 1.807) is 0 Å². The molecule has 2 aliphatic rings. The zero-order chi connectivity index (χ0) is 9.53. The van der Waals surface area contributed by atoms with E-state index in [1.807, 2.05) is 11.8 Å². The van der Waals surface area contributed by atoms with Crippen LogP contribution in [0, 0.1) is 5.92 Å². The molecule has 1 saturated carbocycles. The molecule has 1 nitrogen and oxygen atoms in total. The van der Waals surface area contributed by atoms with Crippen molar-refractivity contribution in [2.24, 2.45) is 11.7 Å². The molecule has 1 saturated heterocycles. The van der Waals surface area contributed by atoms with Crippen molar-refractivity contribution in [1.82, 2.24) is 0 Å². The van der Waals surface area contributed by atoms with Crippen LogP contribution in [-0.4, -0.2) is 23.0 Å². The summed E-state index contributed by atoms with van der Waals surface area (Å²) >= 11 is 1.85. The second kappa shape index (κ2) is 3.09. The van der Waals surface area contributed by atoms with Crippen molar-refractivity contribution in [2.75, 3.05) is 11.5 Å². The molecule has 0 bridgehead atoms. The summed E-state index contributed by atoms with van der Waals surface area (Å²) in [5.41, 5.74) is 5.42. The van der Waals surface area contributed by atoms with Crippen LogP contribution >= 0.6 is 11.8 Å². The Hall–Kier alpha value is 0.170. The van der Waals surface area contributed by atoms with Crippen molar-refractivity contribution in [2.45, 2.75) is 37.1 Å². The van der Waals surface area contributed by atoms with E-state index in [0.29, 0.717) is 5.92 Å². The third kappa shape index (κ3) is 1.84. The van der Waals surface area contributed by atoms with Crippen molar-refractivity contribution >= 4 is 11.8 Å². The van der Waals surface area contributed by atoms with Gasteiger partial charge in [-0.1, -0.05) is 0 Å². The summed E-state index contributed by atoms with van der Waals surface area (Å²) in [6, 6.07) is 0. The summed E-state index contributed by atoms with van der Waals surface area (Å²) in [6.45, 7) is 0. The van der Waals surface area contributed by atoms with E-state index in [1.165, 1.54) is 5.75 Å². The van der Waals surface area contributed by atoms with Crippen LogP contribution in [0.25, 0.3) is 0 Å². The maximum atomic E-state index is 12.7. The zero-order valence-electron chi connectivity index (χ0n) is 7.56. The summed E-state index contributed by atoms with van der Waals surface area (Å²) in [4.78, 5) is 0. The predicted octanol–water partition coefficient (Wildman–Crippen LogP) is 2.26. The standard InChI is InChI=1S/C9H15F2NS/c10-9(11)5-8(12,6-9)7-2-1-3-13-4-7/h7H,1-6,12H2. The lowest BCUT2D eigenvalue weighted by atomic mass is 9.65. The number of hydrogen-bond acceptors (Lipinski definition) is 2. The van der Waals surface area contributed by atoms with Crippen molar-refractivity contribution in [3.63, 3.8) is 0 Å². The van der Waals surface area contributed by atoms with E-state index >= 15 is 0 Å². The number of hydrogen-bond donors (Lipinski definition) is 1. The molecule has 1 aliphatic carbocycles. The van der Waals surface area contributed by atoms with Gasteiger partial charge in [-0.15, -0.1) is 0 Å². The highest BCUT2D eigenvalue weighted by atomic mass is 32.2. The summed E-state index contributed by atoms with van der Waals surface area (Å²) < 4.78 is 25.4. The van der Waals surface area contributed by atoms with Gasteiger partial charge in [0.1, 0.15) is 0 Å². The molecule has 0 spiro atoms. The Bertz CT molecular complexity index is 194. The van der Waals surface area contributed by atoms with Crippen molar-refractivity contribution in [3.8, 4) is 0 Å². The van der Waals surface area contributed by atoms with E-state index in [0.717, 1.165) is 18.6 Å². The Morgan fingerprint density at radius 2 is 2.00 bits per heavy atom. The fraction of sp³-hybridized carbons (Fsp3) is 1.00. The topological polar surface area (TPSA) is 26.0 Å². The summed E-state index contributed by atoms with van der Waals surface area (Å²) in [6.07, 6.45) is 2.00. The molecule has 1 heterocycles. The molecule has 0 aromatic rings. The van der Waals surface area contributed by atoms with E-state index in [2.05, 4.69) is 0 Å². The molecule has 0 amide bonds. The molecule has 2 N–H and O–H groups in total. The van der Waals surface area contributed by atoms with Gasteiger partial charge >= 0.3 is 0 Å². The fourth-order valence-corrected chi connectivity index (χ4v) is 3.71. The molecule has 1 unspecified atom stereocenters. The Kier molecular flexibility index (Phi) is 2.31. The van der Waals surface area contributed by atoms with Gasteiger partial charge in [-0.25, -0.2) is 8.78 Å². The van der Waals surface area contributed by atoms with Crippen molar-refractivity contribution in [3.05, 3.63) is 0 Å². The first-order valence-electron chi connectivity index (χ1n) is 4.76. The molecule has 2 fully saturated rings. The Morgan fingerprint density at radius 1 is 1.31 bits per heavy atom. The van der Waals surface area contributed by atoms with Gasteiger partial charge in [0.15, 0.2) is 0 Å². The van der Waals surface area contributed by atoms with E-state index in [4.69, 9.17) is 5.73 Å². The zero-order valence-corrected chi connectivity index (χ0v) is 8.38. The maximum absolute atomic E-state index is 12.7. The molecular weight excluding hydrogens is 192 g/mol. The normalized spacial score (nSPS) is 36.7. The molecule has 1 aliphatic heterocycles. The molecule has 13 heavy (non-hydrogen) atoms. The lowest BCUT2D eigenvalue weighted by molar-refractivity contribution is -0.137. The van der Waals surface area contributed by atoms with Crippen LogP contribution in [0.15, 0.2) is 0 Å². The van der Waals surface area contributed by atoms with E-state index in [-0.39, 0.29) is 12.8 Å². The number of thioether (sulfide) groups is 1. The van der Waals surface area contributed by atoms with Crippen molar-refractivity contribution in [1.29, 1.82) is 0 Å². The number of halogens is 2. The van der Waals surface area contributed by atoms with Crippen molar-refractivity contribution < 1.29 is 8.78 Å². The molecule has 0 radical (unpaired) electrons. The highest BCUT2D eigenvalue weighted by Crippen LogP contribution is 2.50. The van der Waals surface area contributed by atoms with Gasteiger partial charge < -0.3 is 5.73 Å². The fourth-order valence-electron chi connectivity index (χ4n) is 2.39. The van der Waals surface area contributed by atoms with Gasteiger partial charge in [-0.3, -0.25) is 0 Å². The largest absolute Gasteiger partial charge is 0.324 e. The molecule has 2 rings (SSSR count). The van der Waals surface area contributed by atoms with Gasteiger partial charge in [0, 0.05) is 18.4 Å². The predicted molar refractivity (Wildman–Crippen MR) is 51.1 cm³/mol. The third-order valence-corrected chi connectivity index (χ3v) is 4.36. The maximum Gasteiger partial charge on any atom is 0.251 e. The minimum atomic E-state index is -2.48. The smallest absolute Gasteiger partial charge is 0.251 e. The van der Waals surface area contributed by atoms with Crippen LogP contribution < -0.4 is 5.73 Å². The van der Waals surface area contributed by atoms with Gasteiger partial charge in [-0.05, 0) is 30.3 Å². The Morgan fingerprint density at radius 3 is 2.46 bits per heavy atom. The van der Waals surface area contributed by atoms with Crippen LogP contribution in [-0.2, 0) is 0 Å². The molecule has 76 valence electrons. The highest BCUT2D eigenvalue weighted by molar-refractivity contribution is 7.99. The second-order valence-corrected chi connectivity index (χ2v) is 5.51. The SMILES string of the molecule is NC1(C2CCCSC2)CC(F)(F)C1. The first-order chi connectivity index (χ1) is 6.02. The van der Waals surface area contributed by atoms with Gasteiger partial charge in [0.2, 0.25) is 0 Å². The van der Waals surface area contributed by atoms with Crippen LogP contribution in [0.1, 0.15) is 25.7 Å². The minimum absolute atomic E-state index is 0.0920. The monoisotopic (exact) mass is 207 g/mol. The van der Waals surface area contributed by atoms with Crippen LogP contribution in [0.4, 0.5) is 8.78 Å². The highest BCUT2D eigenvalue weighted by Gasteiger charge is 2.57. The molecular formula is C9H15F2NS.